The van der Waals surface area contributed by atoms with Crippen LogP contribution in [0.25, 0.3) is 33.3 Å². The van der Waals surface area contributed by atoms with Gasteiger partial charge in [-0.1, -0.05) is 78.0 Å². The molecule has 4 aromatic rings. The van der Waals surface area contributed by atoms with Gasteiger partial charge in [-0.3, -0.25) is 38.9 Å². The van der Waals surface area contributed by atoms with Crippen LogP contribution in [0.1, 0.15) is 97.6 Å². The highest BCUT2D eigenvalue weighted by Gasteiger charge is 2.40. The molecular weight excluding hydrogens is 859 g/mol. The second-order valence-electron chi connectivity index (χ2n) is 19.3. The molecule has 3 aliphatic heterocycles. The van der Waals surface area contributed by atoms with Crippen LogP contribution in [0.4, 0.5) is 0 Å². The van der Waals surface area contributed by atoms with Crippen LogP contribution in [0.2, 0.25) is 0 Å². The first kappa shape index (κ1) is 51.7. The number of pyridine rings is 1. The number of likely N-dealkylation sites (tertiary alicyclic amines) is 1. The van der Waals surface area contributed by atoms with Gasteiger partial charge in [0.1, 0.15) is 24.4 Å². The standard InChI is InChI=1S/C52H67N7O7.C2H6/c1-9-58-44-20-19-37-29-40(44)41(47(58)39-17-13-22-53-45(39)34(4)65-8)30-52(5,6)32-66-51(64)42-18-14-24-59(55-42)50(63)43(28-35-15-12-16-36(37)27-35)54-48(61)46(33(2)3)56(7)49(62)38-21-25-57(31-38)23-10-11-26-60;1-2/h10-13,15-17,19-20,22,26-27,29,33-34,38,42-43,46,55H,9,14,18,21,23-25,28,30-32H2,1-8H3,(H,54,61);1-2H3/b11-10+;. The van der Waals surface area contributed by atoms with E-state index in [1.807, 2.05) is 52.8 Å². The first-order valence-electron chi connectivity index (χ1n) is 24.5. The second-order valence-corrected chi connectivity index (χ2v) is 19.3. The molecule has 5 atom stereocenters. The molecule has 2 aromatic carbocycles. The molecule has 5 unspecified atom stereocenters. The summed E-state index contributed by atoms with van der Waals surface area (Å²) >= 11 is 0. The molecule has 5 heterocycles. The van der Waals surface area contributed by atoms with Gasteiger partial charge < -0.3 is 24.3 Å². The van der Waals surface area contributed by atoms with Gasteiger partial charge in [0.25, 0.3) is 5.91 Å². The highest BCUT2D eigenvalue weighted by atomic mass is 16.5. The highest BCUT2D eigenvalue weighted by Crippen LogP contribution is 2.42. The van der Waals surface area contributed by atoms with Crippen LogP contribution in [0.15, 0.2) is 72.9 Å². The van der Waals surface area contributed by atoms with E-state index in [1.54, 1.807) is 26.4 Å². The number of hydrazine groups is 1. The molecule has 2 fully saturated rings. The average Bonchev–Trinajstić information content (AvgIpc) is 3.94. The molecule has 0 aliphatic carbocycles. The summed E-state index contributed by atoms with van der Waals surface area (Å²) in [7, 11) is 3.35. The Balaban J connectivity index is 0.00000376. The molecule has 0 saturated carbocycles. The van der Waals surface area contributed by atoms with Crippen molar-refractivity contribution in [3.8, 4) is 22.4 Å². The number of carbonyl (C=O) groups is 5. The lowest BCUT2D eigenvalue weighted by atomic mass is 9.84. The van der Waals surface area contributed by atoms with E-state index in [4.69, 9.17) is 14.5 Å². The molecule has 2 saturated heterocycles. The first-order chi connectivity index (χ1) is 32.6. The number of nitrogens with one attached hydrogen (secondary N) is 2. The number of carbonyl (C=O) groups excluding carboxylic acids is 5. The van der Waals surface area contributed by atoms with Crippen LogP contribution < -0.4 is 10.7 Å². The lowest BCUT2D eigenvalue weighted by Gasteiger charge is -2.37. The Hall–Kier alpha value is -5.70. The van der Waals surface area contributed by atoms with E-state index in [-0.39, 0.29) is 42.8 Å². The Morgan fingerprint density at radius 3 is 2.53 bits per heavy atom. The molecular formula is C54H73N7O7. The van der Waals surface area contributed by atoms with E-state index in [1.165, 1.54) is 16.0 Å². The van der Waals surface area contributed by atoms with Crippen LogP contribution >= 0.6 is 0 Å². The van der Waals surface area contributed by atoms with Crippen molar-refractivity contribution >= 4 is 40.9 Å². The van der Waals surface area contributed by atoms with Crippen molar-refractivity contribution in [1.29, 1.82) is 0 Å². The summed E-state index contributed by atoms with van der Waals surface area (Å²) in [6.45, 7) is 19.1. The fraction of sp³-hybridized carbons (Fsp3) is 0.519. The van der Waals surface area contributed by atoms with Crippen LogP contribution in [0, 0.1) is 17.3 Å². The van der Waals surface area contributed by atoms with E-state index in [0.29, 0.717) is 58.4 Å². The van der Waals surface area contributed by atoms with Gasteiger partial charge in [-0.05, 0) is 105 Å². The summed E-state index contributed by atoms with van der Waals surface area (Å²) in [5.74, 6) is -1.95. The Bertz CT molecular complexity index is 2460. The lowest BCUT2D eigenvalue weighted by Crippen LogP contribution is -2.62. The minimum Gasteiger partial charge on any atom is -0.464 e. The van der Waals surface area contributed by atoms with Crippen molar-refractivity contribution in [1.82, 2.24) is 35.1 Å². The minimum atomic E-state index is -1.03. The number of benzene rings is 2. The van der Waals surface area contributed by atoms with Crippen molar-refractivity contribution < 1.29 is 33.4 Å². The van der Waals surface area contributed by atoms with Gasteiger partial charge in [0, 0.05) is 74.8 Å². The van der Waals surface area contributed by atoms with Gasteiger partial charge in [-0.25, -0.2) is 5.43 Å². The fourth-order valence-corrected chi connectivity index (χ4v) is 10.1. The molecule has 3 amide bonds. The maximum atomic E-state index is 14.7. The van der Waals surface area contributed by atoms with E-state index in [2.05, 4.69) is 77.4 Å². The fourth-order valence-electron chi connectivity index (χ4n) is 10.1. The van der Waals surface area contributed by atoms with Crippen LogP contribution in [-0.2, 0) is 52.8 Å². The van der Waals surface area contributed by atoms with Gasteiger partial charge in [0.2, 0.25) is 11.8 Å². The highest BCUT2D eigenvalue weighted by molar-refractivity contribution is 5.96. The van der Waals surface area contributed by atoms with Crippen molar-refractivity contribution in [2.24, 2.45) is 17.3 Å². The summed E-state index contributed by atoms with van der Waals surface area (Å²) in [5, 5.41) is 5.63. The van der Waals surface area contributed by atoms with Gasteiger partial charge in [0.15, 0.2) is 0 Å². The number of aldehydes is 1. The van der Waals surface area contributed by atoms with E-state index >= 15 is 0 Å². The molecule has 6 bridgehead atoms. The number of likely N-dealkylation sites (N-methyl/N-ethyl adjacent to an activating group) is 1. The normalized spacial score (nSPS) is 20.9. The number of fused-ring (bicyclic) bond motifs is 6. The van der Waals surface area contributed by atoms with Crippen LogP contribution in [0.3, 0.4) is 0 Å². The van der Waals surface area contributed by atoms with E-state index in [0.717, 1.165) is 56.4 Å². The maximum absolute atomic E-state index is 14.7. The molecule has 0 spiro atoms. The Morgan fingerprint density at radius 1 is 1.04 bits per heavy atom. The van der Waals surface area contributed by atoms with E-state index < -0.39 is 35.4 Å². The number of ether oxygens (including phenoxy) is 2. The number of methoxy groups -OCH3 is 1. The van der Waals surface area contributed by atoms with Gasteiger partial charge in [-0.15, -0.1) is 0 Å². The summed E-state index contributed by atoms with van der Waals surface area (Å²) in [5.41, 5.74) is 10.5. The SMILES string of the molecule is CC.CCn1c(-c2cccnc2C(C)OC)c2c3cc(ccc31)-c1cccc(c1)CC(NC(=O)C(C(C)C)N(C)C(=O)C1CCN(C/C=C/C=O)C1)C(=O)N1CCCC(N1)C(=O)OCC(C)(C)C2. The summed E-state index contributed by atoms with van der Waals surface area (Å²) in [4.78, 5) is 76.4. The van der Waals surface area contributed by atoms with Gasteiger partial charge >= 0.3 is 5.97 Å². The number of nitrogens with zero attached hydrogens (tertiary/aromatic N) is 5. The first-order valence-corrected chi connectivity index (χ1v) is 24.5. The van der Waals surface area contributed by atoms with Crippen molar-refractivity contribution in [3.63, 3.8) is 0 Å². The molecule has 68 heavy (non-hydrogen) atoms. The average molecular weight is 932 g/mol. The maximum Gasteiger partial charge on any atom is 0.324 e. The van der Waals surface area contributed by atoms with Gasteiger partial charge in [-0.2, -0.15) is 0 Å². The number of allylic oxidation sites excluding steroid dienone is 1. The number of aryl methyl sites for hydroxylation is 1. The predicted octanol–water partition coefficient (Wildman–Crippen LogP) is 7.33. The lowest BCUT2D eigenvalue weighted by molar-refractivity contribution is -0.155. The largest absolute Gasteiger partial charge is 0.464 e. The number of rotatable bonds is 12. The second kappa shape index (κ2) is 23.1. The molecule has 2 aromatic heterocycles. The quantitative estimate of drug-likeness (QED) is 0.0839. The summed E-state index contributed by atoms with van der Waals surface area (Å²) in [6.07, 6.45) is 7.96. The molecule has 366 valence electrons. The molecule has 3 aliphatic rings. The third kappa shape index (κ3) is 11.6. The Morgan fingerprint density at radius 2 is 1.81 bits per heavy atom. The molecule has 2 N–H and O–H groups in total. The van der Waals surface area contributed by atoms with Gasteiger partial charge in [0.05, 0.1) is 30.0 Å². The monoisotopic (exact) mass is 932 g/mol. The summed E-state index contributed by atoms with van der Waals surface area (Å²) < 4.78 is 14.3. The zero-order chi connectivity index (χ0) is 49.3. The topological polar surface area (TPSA) is 155 Å². The zero-order valence-electron chi connectivity index (χ0n) is 41.8. The molecule has 14 heteroatoms. The van der Waals surface area contributed by atoms with Crippen molar-refractivity contribution in [2.75, 3.05) is 46.9 Å². The molecule has 14 nitrogen and oxygen atoms in total. The number of hydrogen-bond acceptors (Lipinski definition) is 10. The number of esters is 1. The molecule has 7 rings (SSSR count). The Labute approximate surface area is 402 Å². The predicted molar refractivity (Wildman–Crippen MR) is 266 cm³/mol. The number of aromatic nitrogens is 2. The van der Waals surface area contributed by atoms with Crippen LogP contribution in [-0.4, -0.2) is 119 Å². The third-order valence-electron chi connectivity index (χ3n) is 13.5. The smallest absolute Gasteiger partial charge is 0.324 e. The van der Waals surface area contributed by atoms with Crippen molar-refractivity contribution in [2.45, 2.75) is 118 Å². The number of amides is 3. The van der Waals surface area contributed by atoms with Crippen molar-refractivity contribution in [3.05, 3.63) is 89.8 Å². The zero-order valence-corrected chi connectivity index (χ0v) is 41.8. The third-order valence-corrected chi connectivity index (χ3v) is 13.5. The van der Waals surface area contributed by atoms with Crippen LogP contribution in [0.5, 0.6) is 0 Å². The number of hydrogen-bond donors (Lipinski definition) is 2. The summed E-state index contributed by atoms with van der Waals surface area (Å²) in [6, 6.07) is 16.0. The minimum absolute atomic E-state index is 0.136. The number of cyclic esters (lactones) is 1. The molecule has 0 radical (unpaired) electrons. The van der Waals surface area contributed by atoms with E-state index in [9.17, 15) is 24.0 Å². The Kier molecular flexibility index (Phi) is 17.5.